The molecule has 1 radical (unpaired) electrons. The maximum Gasteiger partial charge on any atom is 0.172 e. The highest BCUT2D eigenvalue weighted by molar-refractivity contribution is 6.90. The third kappa shape index (κ3) is 2.95. The third-order valence-corrected chi connectivity index (χ3v) is 7.01. The van der Waals surface area contributed by atoms with Gasteiger partial charge in [-0.05, 0) is 5.56 Å². The molecule has 0 aromatic heterocycles. The monoisotopic (exact) mass is 281 g/mol. The van der Waals surface area contributed by atoms with Crippen molar-refractivity contribution in [2.75, 3.05) is 0 Å². The van der Waals surface area contributed by atoms with Crippen LogP contribution < -0.4 is 0 Å². The summed E-state index contributed by atoms with van der Waals surface area (Å²) in [6.45, 7) is 5.90. The van der Waals surface area contributed by atoms with Crippen LogP contribution in [0.2, 0.25) is 24.7 Å². The molecule has 1 aromatic carbocycles. The molecule has 0 nitrogen and oxygen atoms in total. The van der Waals surface area contributed by atoms with Crippen LogP contribution in [-0.2, 0) is 0 Å². The van der Waals surface area contributed by atoms with Crippen molar-refractivity contribution in [3.63, 3.8) is 0 Å². The number of benzene rings is 1. The lowest BCUT2D eigenvalue weighted by Gasteiger charge is -2.42. The highest BCUT2D eigenvalue weighted by Crippen LogP contribution is 2.49. The van der Waals surface area contributed by atoms with Gasteiger partial charge in [-0.2, -0.15) is 0 Å². The second-order valence-corrected chi connectivity index (χ2v) is 9.50. The smallest absolute Gasteiger partial charge is 0.111 e. The summed E-state index contributed by atoms with van der Waals surface area (Å²) >= 11 is 0. The summed E-state index contributed by atoms with van der Waals surface area (Å²) in [7, 11) is -0.349. The molecule has 2 heteroatoms. The Hall–Kier alpha value is -0.758. The highest BCUT2D eigenvalue weighted by Gasteiger charge is 2.41. The first kappa shape index (κ1) is 14.2. The lowest BCUT2D eigenvalue weighted by Crippen LogP contribution is -2.40. The number of fused-ring (bicyclic) bond motifs is 2. The number of hydrogen-bond acceptors (Lipinski definition) is 0. The molecule has 2 aliphatic heterocycles. The zero-order valence-corrected chi connectivity index (χ0v) is 13.9. The molecule has 2 aliphatic rings. The predicted octanol–water partition coefficient (Wildman–Crippen LogP) is 5.51. The first-order valence-electron chi connectivity index (χ1n) is 8.33. The lowest BCUT2D eigenvalue weighted by molar-refractivity contribution is 0.447. The molecule has 1 aromatic rings. The van der Waals surface area contributed by atoms with Crippen LogP contribution in [-0.4, -0.2) is 15.5 Å². The van der Waals surface area contributed by atoms with Gasteiger partial charge in [0.1, 0.15) is 0 Å². The lowest BCUT2D eigenvalue weighted by atomic mass is 9.27. The minimum absolute atomic E-state index is 0.349. The average molecular weight is 281 g/mol. The third-order valence-electron chi connectivity index (χ3n) is 5.37. The zero-order valence-electron chi connectivity index (χ0n) is 12.9. The molecule has 0 atom stereocenters. The summed E-state index contributed by atoms with van der Waals surface area (Å²) in [6.07, 6.45) is 11.5. The average Bonchev–Trinajstić information content (AvgIpc) is 2.45. The summed E-state index contributed by atoms with van der Waals surface area (Å²) in [5.74, 6) is 2.00. The summed E-state index contributed by atoms with van der Waals surface area (Å²) in [6, 6.07) is 11.0. The van der Waals surface area contributed by atoms with E-state index in [1.807, 2.05) is 5.10 Å². The summed E-state index contributed by atoms with van der Waals surface area (Å²) < 4.78 is 0. The highest BCUT2D eigenvalue weighted by atomic mass is 28.3. The van der Waals surface area contributed by atoms with Crippen molar-refractivity contribution in [1.29, 1.82) is 0 Å². The van der Waals surface area contributed by atoms with E-state index >= 15 is 0 Å². The topological polar surface area (TPSA) is 0 Å². The van der Waals surface area contributed by atoms with Gasteiger partial charge in [0, 0.05) is 0 Å². The van der Waals surface area contributed by atoms with Crippen LogP contribution in [0.1, 0.15) is 44.1 Å². The molecular formula is C18H26BSi. The fourth-order valence-electron chi connectivity index (χ4n) is 4.49. The maximum absolute atomic E-state index is 2.55. The Labute approximate surface area is 126 Å². The van der Waals surface area contributed by atoms with Crippen LogP contribution in [0.5, 0.6) is 0 Å². The van der Waals surface area contributed by atoms with Crippen LogP contribution in [0.4, 0.5) is 0 Å². The minimum atomic E-state index is -0.349. The van der Waals surface area contributed by atoms with Crippen molar-refractivity contribution in [3.8, 4) is 0 Å². The van der Waals surface area contributed by atoms with E-state index in [0.717, 1.165) is 18.3 Å². The van der Waals surface area contributed by atoms with Gasteiger partial charge in [0.15, 0.2) is 6.71 Å². The second kappa shape index (κ2) is 6.34. The first-order chi connectivity index (χ1) is 9.75. The van der Waals surface area contributed by atoms with Crippen molar-refractivity contribution in [3.05, 3.63) is 41.0 Å². The molecule has 0 aliphatic carbocycles. The van der Waals surface area contributed by atoms with Gasteiger partial charge in [0.05, 0.1) is 8.80 Å². The van der Waals surface area contributed by atoms with Gasteiger partial charge in [0.2, 0.25) is 0 Å². The Morgan fingerprint density at radius 3 is 2.05 bits per heavy atom. The van der Waals surface area contributed by atoms with Crippen LogP contribution in [0.15, 0.2) is 35.4 Å². The first-order valence-corrected chi connectivity index (χ1v) is 10.8. The van der Waals surface area contributed by atoms with Crippen LogP contribution >= 0.6 is 0 Å². The number of hydrogen-bond donors (Lipinski definition) is 0. The van der Waals surface area contributed by atoms with Crippen molar-refractivity contribution >= 4 is 21.6 Å². The Balaban J connectivity index is 1.92. The molecule has 0 unspecified atom stereocenters. The van der Waals surface area contributed by atoms with Crippen LogP contribution in [0.25, 0.3) is 6.08 Å². The Bertz CT molecular complexity index is 444. The molecule has 0 amide bonds. The van der Waals surface area contributed by atoms with E-state index in [0.29, 0.717) is 0 Å². The van der Waals surface area contributed by atoms with Crippen molar-refractivity contribution in [2.24, 2.45) is 0 Å². The van der Waals surface area contributed by atoms with Crippen molar-refractivity contribution in [1.82, 2.24) is 0 Å². The maximum atomic E-state index is 2.55. The molecule has 2 heterocycles. The van der Waals surface area contributed by atoms with Crippen LogP contribution in [0, 0.1) is 0 Å². The molecule has 20 heavy (non-hydrogen) atoms. The molecule has 0 N–H and O–H groups in total. The summed E-state index contributed by atoms with van der Waals surface area (Å²) in [5, 5.41) is 1.83. The quantitative estimate of drug-likeness (QED) is 0.641. The fourth-order valence-corrected chi connectivity index (χ4v) is 6.08. The molecule has 3 rings (SSSR count). The van der Waals surface area contributed by atoms with E-state index in [2.05, 4.69) is 49.5 Å². The van der Waals surface area contributed by atoms with Gasteiger partial charge in [-0.3, -0.25) is 0 Å². The number of rotatable bonds is 3. The Kier molecular flexibility index (Phi) is 4.50. The fraction of sp³-hybridized carbons (Fsp3) is 0.556. The van der Waals surface area contributed by atoms with E-state index in [1.54, 1.807) is 0 Å². The molecule has 2 fully saturated rings. The normalized spacial score (nSPS) is 26.9. The van der Waals surface area contributed by atoms with E-state index in [4.69, 9.17) is 0 Å². The largest absolute Gasteiger partial charge is 0.172 e. The molecule has 0 saturated carbocycles. The van der Waals surface area contributed by atoms with Gasteiger partial charge in [0.25, 0.3) is 0 Å². The van der Waals surface area contributed by atoms with Gasteiger partial charge in [-0.15, -0.1) is 5.10 Å². The van der Waals surface area contributed by atoms with Crippen molar-refractivity contribution < 1.29 is 0 Å². The molecule has 0 spiro atoms. The SMILES string of the molecule is C[Si](C)/C(=C\c1ccccc1)B1C2CCCC1CCC2. The Morgan fingerprint density at radius 2 is 1.55 bits per heavy atom. The Morgan fingerprint density at radius 1 is 1.00 bits per heavy atom. The van der Waals surface area contributed by atoms with Crippen LogP contribution in [0.3, 0.4) is 0 Å². The van der Waals surface area contributed by atoms with E-state index < -0.39 is 0 Å². The predicted molar refractivity (Wildman–Crippen MR) is 92.9 cm³/mol. The van der Waals surface area contributed by atoms with E-state index in [1.165, 1.54) is 44.1 Å². The molecular weight excluding hydrogens is 255 g/mol. The van der Waals surface area contributed by atoms with Gasteiger partial charge in [-0.1, -0.05) is 99.7 Å². The van der Waals surface area contributed by atoms with E-state index in [-0.39, 0.29) is 8.80 Å². The van der Waals surface area contributed by atoms with Gasteiger partial charge >= 0.3 is 0 Å². The molecule has 105 valence electrons. The standard InChI is InChI=1S/C18H26BSi/c1-20(2)18(14-15-8-4-3-5-9-15)19-16-10-6-11-17(19)13-7-12-16/h3-5,8-9,14,16-17H,6-7,10-13H2,1-2H3/b18-14-. The van der Waals surface area contributed by atoms with E-state index in [9.17, 15) is 0 Å². The second-order valence-electron chi connectivity index (χ2n) is 6.92. The van der Waals surface area contributed by atoms with Crippen molar-refractivity contribution in [2.45, 2.75) is 63.3 Å². The molecule has 2 bridgehead atoms. The molecule has 2 saturated heterocycles. The minimum Gasteiger partial charge on any atom is -0.111 e. The van der Waals surface area contributed by atoms with Gasteiger partial charge in [-0.25, -0.2) is 0 Å². The summed E-state index contributed by atoms with van der Waals surface area (Å²) in [4.78, 5) is 0. The zero-order chi connectivity index (χ0) is 13.9. The summed E-state index contributed by atoms with van der Waals surface area (Å²) in [5.41, 5.74) is 1.41. The van der Waals surface area contributed by atoms with Gasteiger partial charge < -0.3 is 0 Å².